The highest BCUT2D eigenvalue weighted by Gasteiger charge is 2.10. The first kappa shape index (κ1) is 16.5. The molecule has 0 aromatic heterocycles. The number of carbonyl (C=O) groups excluding carboxylic acids is 2. The van der Waals surface area contributed by atoms with Gasteiger partial charge < -0.3 is 9.84 Å². The van der Waals surface area contributed by atoms with Crippen molar-refractivity contribution in [1.82, 2.24) is 0 Å². The quantitative estimate of drug-likeness (QED) is 0.531. The smallest absolute Gasteiger partial charge is 0.337 e. The average Bonchev–Trinajstić information content (AvgIpc) is 2.55. The van der Waals surface area contributed by atoms with Crippen LogP contribution in [0, 0.1) is 13.8 Å². The van der Waals surface area contributed by atoms with Crippen LogP contribution in [0.3, 0.4) is 0 Å². The molecule has 0 amide bonds. The van der Waals surface area contributed by atoms with Gasteiger partial charge in [0, 0.05) is 0 Å². The molecule has 4 nitrogen and oxygen atoms in total. The summed E-state index contributed by atoms with van der Waals surface area (Å²) in [6.07, 6.45) is 2.98. The highest BCUT2D eigenvalue weighted by atomic mass is 16.5. The molecule has 1 N–H and O–H groups in total. The minimum atomic E-state index is -0.432. The second-order valence-corrected chi connectivity index (χ2v) is 5.27. The molecule has 0 unspecified atom stereocenters. The molecule has 118 valence electrons. The van der Waals surface area contributed by atoms with E-state index >= 15 is 0 Å². The molecular formula is C19H18O4. The van der Waals surface area contributed by atoms with Crippen LogP contribution >= 0.6 is 0 Å². The van der Waals surface area contributed by atoms with E-state index in [1.54, 1.807) is 42.5 Å². The lowest BCUT2D eigenvalue weighted by atomic mass is 10.0. The van der Waals surface area contributed by atoms with Gasteiger partial charge in [-0.05, 0) is 60.9 Å². The largest absolute Gasteiger partial charge is 0.507 e. The van der Waals surface area contributed by atoms with Crippen molar-refractivity contribution in [3.63, 3.8) is 0 Å². The molecule has 2 aromatic rings. The van der Waals surface area contributed by atoms with Crippen LogP contribution in [-0.2, 0) is 4.74 Å². The summed E-state index contributed by atoms with van der Waals surface area (Å²) in [5, 5.41) is 9.92. The molecule has 2 aromatic carbocycles. The Balaban J connectivity index is 2.25. The summed E-state index contributed by atoms with van der Waals surface area (Å²) in [5.74, 6) is -0.765. The third-order valence-electron chi connectivity index (χ3n) is 3.61. The van der Waals surface area contributed by atoms with Gasteiger partial charge in [-0.1, -0.05) is 18.2 Å². The van der Waals surface area contributed by atoms with Crippen LogP contribution in [0.15, 0.2) is 42.5 Å². The molecule has 0 fully saturated rings. The van der Waals surface area contributed by atoms with Crippen molar-refractivity contribution in [2.45, 2.75) is 13.8 Å². The zero-order valence-corrected chi connectivity index (χ0v) is 13.3. The van der Waals surface area contributed by atoms with E-state index < -0.39 is 5.97 Å². The molecule has 0 atom stereocenters. The number of aryl methyl sites for hydroxylation is 2. The molecule has 0 radical (unpaired) electrons. The number of allylic oxidation sites excluding steroid dienone is 1. The summed E-state index contributed by atoms with van der Waals surface area (Å²) in [5.41, 5.74) is 3.23. The number of benzene rings is 2. The highest BCUT2D eigenvalue weighted by molar-refractivity contribution is 6.08. The molecular weight excluding hydrogens is 292 g/mol. The Kier molecular flexibility index (Phi) is 4.96. The van der Waals surface area contributed by atoms with Crippen molar-refractivity contribution < 1.29 is 19.4 Å². The number of methoxy groups -OCH3 is 1. The van der Waals surface area contributed by atoms with Crippen molar-refractivity contribution in [3.8, 4) is 5.75 Å². The second kappa shape index (κ2) is 6.92. The van der Waals surface area contributed by atoms with Gasteiger partial charge in [-0.15, -0.1) is 0 Å². The predicted molar refractivity (Wildman–Crippen MR) is 88.7 cm³/mol. The summed E-state index contributed by atoms with van der Waals surface area (Å²) in [4.78, 5) is 23.7. The van der Waals surface area contributed by atoms with E-state index in [-0.39, 0.29) is 17.1 Å². The number of phenolic OH excluding ortho intramolecular Hbond substituents is 1. The first-order valence-corrected chi connectivity index (χ1v) is 7.13. The van der Waals surface area contributed by atoms with Gasteiger partial charge in [-0.2, -0.15) is 0 Å². The lowest BCUT2D eigenvalue weighted by Crippen LogP contribution is -2.01. The van der Waals surface area contributed by atoms with Crippen LogP contribution in [0.2, 0.25) is 0 Å². The monoisotopic (exact) mass is 310 g/mol. The number of hydrogen-bond acceptors (Lipinski definition) is 4. The van der Waals surface area contributed by atoms with Gasteiger partial charge >= 0.3 is 5.97 Å². The number of ether oxygens (including phenoxy) is 1. The van der Waals surface area contributed by atoms with E-state index in [2.05, 4.69) is 4.74 Å². The Morgan fingerprint density at radius 3 is 2.48 bits per heavy atom. The van der Waals surface area contributed by atoms with E-state index in [0.29, 0.717) is 11.1 Å². The number of rotatable bonds is 4. The van der Waals surface area contributed by atoms with Crippen molar-refractivity contribution in [2.24, 2.45) is 0 Å². The highest BCUT2D eigenvalue weighted by Crippen LogP contribution is 2.23. The van der Waals surface area contributed by atoms with Crippen molar-refractivity contribution >= 4 is 17.8 Å². The van der Waals surface area contributed by atoms with Gasteiger partial charge in [0.15, 0.2) is 5.78 Å². The van der Waals surface area contributed by atoms with E-state index in [4.69, 9.17) is 0 Å². The second-order valence-electron chi connectivity index (χ2n) is 5.27. The molecule has 0 saturated carbocycles. The van der Waals surface area contributed by atoms with E-state index in [0.717, 1.165) is 11.1 Å². The van der Waals surface area contributed by atoms with Gasteiger partial charge in [0.2, 0.25) is 0 Å². The maximum absolute atomic E-state index is 12.2. The van der Waals surface area contributed by atoms with Crippen molar-refractivity contribution in [3.05, 3.63) is 70.3 Å². The topological polar surface area (TPSA) is 63.6 Å². The lowest BCUT2D eigenvalue weighted by Gasteiger charge is -2.05. The van der Waals surface area contributed by atoms with Crippen LogP contribution < -0.4 is 0 Å². The summed E-state index contributed by atoms with van der Waals surface area (Å²) >= 11 is 0. The molecule has 4 heteroatoms. The summed E-state index contributed by atoms with van der Waals surface area (Å²) in [6, 6.07) is 10.0. The van der Waals surface area contributed by atoms with E-state index in [1.807, 2.05) is 13.8 Å². The molecule has 0 heterocycles. The number of carbonyl (C=O) groups is 2. The number of phenols is 1. The van der Waals surface area contributed by atoms with E-state index in [9.17, 15) is 14.7 Å². The van der Waals surface area contributed by atoms with Gasteiger partial charge in [0.25, 0.3) is 0 Å². The fourth-order valence-electron chi connectivity index (χ4n) is 2.15. The zero-order valence-electron chi connectivity index (χ0n) is 13.3. The number of aromatic hydroxyl groups is 1. The minimum Gasteiger partial charge on any atom is -0.507 e. The Hall–Kier alpha value is -2.88. The standard InChI is InChI=1S/C19H18O4/c1-12-9-16(18(21)10-13(12)2)17(20)8-7-14-5-4-6-15(11-14)19(22)23-3/h4-11,21H,1-3H3/b8-7+. The maximum atomic E-state index is 12.2. The van der Waals surface area contributed by atoms with Gasteiger partial charge in [0.05, 0.1) is 18.2 Å². The Morgan fingerprint density at radius 2 is 1.78 bits per heavy atom. The number of ketones is 1. The minimum absolute atomic E-state index is 0.0361. The number of hydrogen-bond donors (Lipinski definition) is 1. The SMILES string of the molecule is COC(=O)c1cccc(/C=C/C(=O)c2cc(C)c(C)cc2O)c1. The molecule has 0 aliphatic rings. The summed E-state index contributed by atoms with van der Waals surface area (Å²) in [7, 11) is 1.32. The first-order chi connectivity index (χ1) is 10.9. The fraction of sp³-hybridized carbons (Fsp3) is 0.158. The molecule has 23 heavy (non-hydrogen) atoms. The Morgan fingerprint density at radius 1 is 1.09 bits per heavy atom. The van der Waals surface area contributed by atoms with Crippen LogP contribution in [-0.4, -0.2) is 24.0 Å². The molecule has 0 aliphatic heterocycles. The molecule has 2 rings (SSSR count). The average molecular weight is 310 g/mol. The first-order valence-electron chi connectivity index (χ1n) is 7.13. The van der Waals surface area contributed by atoms with Gasteiger partial charge in [-0.3, -0.25) is 4.79 Å². The Bertz CT molecular complexity index is 788. The van der Waals surface area contributed by atoms with Crippen LogP contribution in [0.1, 0.15) is 37.4 Å². The van der Waals surface area contributed by atoms with Crippen LogP contribution in [0.4, 0.5) is 0 Å². The predicted octanol–water partition coefficient (Wildman–Crippen LogP) is 3.69. The Labute approximate surface area is 135 Å². The summed E-state index contributed by atoms with van der Waals surface area (Å²) < 4.78 is 4.66. The maximum Gasteiger partial charge on any atom is 0.337 e. The third kappa shape index (κ3) is 3.86. The molecule has 0 bridgehead atoms. The lowest BCUT2D eigenvalue weighted by molar-refractivity contribution is 0.0600. The fourth-order valence-corrected chi connectivity index (χ4v) is 2.15. The van der Waals surface area contributed by atoms with Gasteiger partial charge in [-0.25, -0.2) is 4.79 Å². The van der Waals surface area contributed by atoms with Gasteiger partial charge in [0.1, 0.15) is 5.75 Å². The van der Waals surface area contributed by atoms with Crippen LogP contribution in [0.5, 0.6) is 5.75 Å². The summed E-state index contributed by atoms with van der Waals surface area (Å²) in [6.45, 7) is 3.76. The van der Waals surface area contributed by atoms with Crippen molar-refractivity contribution in [2.75, 3.05) is 7.11 Å². The molecule has 0 aliphatic carbocycles. The van der Waals surface area contributed by atoms with E-state index in [1.165, 1.54) is 13.2 Å². The van der Waals surface area contributed by atoms with Crippen LogP contribution in [0.25, 0.3) is 6.08 Å². The third-order valence-corrected chi connectivity index (χ3v) is 3.61. The normalized spacial score (nSPS) is 10.7. The molecule has 0 saturated heterocycles. The van der Waals surface area contributed by atoms with Crippen molar-refractivity contribution in [1.29, 1.82) is 0 Å². The number of esters is 1. The zero-order chi connectivity index (χ0) is 17.0. The molecule has 0 spiro atoms.